The second-order valence-electron chi connectivity index (χ2n) is 7.46. The van der Waals surface area contributed by atoms with E-state index in [0.29, 0.717) is 25.3 Å². The van der Waals surface area contributed by atoms with E-state index in [-0.39, 0.29) is 23.7 Å². The van der Waals surface area contributed by atoms with E-state index in [2.05, 4.69) is 5.10 Å². The van der Waals surface area contributed by atoms with Gasteiger partial charge in [0.2, 0.25) is 0 Å². The highest BCUT2D eigenvalue weighted by Gasteiger charge is 2.30. The minimum Gasteiger partial charge on any atom is -0.299 e. The predicted molar refractivity (Wildman–Crippen MR) is 90.3 cm³/mol. The van der Waals surface area contributed by atoms with Crippen LogP contribution < -0.4 is 0 Å². The van der Waals surface area contributed by atoms with Crippen LogP contribution in [-0.2, 0) is 24.2 Å². The van der Waals surface area contributed by atoms with Crippen LogP contribution in [0.2, 0.25) is 0 Å². The maximum Gasteiger partial charge on any atom is 0.194 e. The van der Waals surface area contributed by atoms with Crippen LogP contribution in [0.25, 0.3) is 0 Å². The third-order valence-corrected chi connectivity index (χ3v) is 5.78. The molecule has 2 aromatic rings. The predicted octanol–water partition coefficient (Wildman–Crippen LogP) is 4.33. The Morgan fingerprint density at radius 1 is 1.12 bits per heavy atom. The highest BCUT2D eigenvalue weighted by molar-refractivity contribution is 5.83. The molecule has 3 nitrogen and oxygen atoms in total. The molecule has 0 bridgehead atoms. The molecule has 1 aliphatic heterocycles. The van der Waals surface area contributed by atoms with Gasteiger partial charge in [0.05, 0.1) is 6.20 Å². The summed E-state index contributed by atoms with van der Waals surface area (Å²) in [4.78, 5) is 12.7. The van der Waals surface area contributed by atoms with Gasteiger partial charge in [0.15, 0.2) is 17.5 Å². The average molecular weight is 362 g/mol. The van der Waals surface area contributed by atoms with Gasteiger partial charge in [0.25, 0.3) is 0 Å². The summed E-state index contributed by atoms with van der Waals surface area (Å²) in [5, 5.41) is 4.48. The van der Waals surface area contributed by atoms with Crippen molar-refractivity contribution in [2.45, 2.75) is 57.4 Å². The molecule has 0 N–H and O–H groups in total. The molecule has 6 heteroatoms. The largest absolute Gasteiger partial charge is 0.299 e. The number of ketones is 1. The first kappa shape index (κ1) is 17.3. The van der Waals surface area contributed by atoms with Gasteiger partial charge in [-0.05, 0) is 54.9 Å². The number of fused-ring (bicyclic) bond motifs is 1. The van der Waals surface area contributed by atoms with Gasteiger partial charge in [-0.15, -0.1) is 0 Å². The minimum absolute atomic E-state index is 0.0553. The lowest BCUT2D eigenvalue weighted by Crippen LogP contribution is -2.28. The summed E-state index contributed by atoms with van der Waals surface area (Å²) in [6, 6.07) is 1.82. The summed E-state index contributed by atoms with van der Waals surface area (Å²) in [5.74, 6) is -3.70. The van der Waals surface area contributed by atoms with E-state index >= 15 is 0 Å². The first-order valence-corrected chi connectivity index (χ1v) is 9.23. The Labute approximate surface area is 150 Å². The Bertz CT molecular complexity index is 817. The molecule has 0 saturated heterocycles. The number of halogens is 3. The summed E-state index contributed by atoms with van der Waals surface area (Å²) >= 11 is 0. The van der Waals surface area contributed by atoms with E-state index in [0.717, 1.165) is 17.8 Å². The van der Waals surface area contributed by atoms with Gasteiger partial charge < -0.3 is 0 Å². The van der Waals surface area contributed by atoms with Gasteiger partial charge in [0, 0.05) is 24.6 Å². The molecule has 4 rings (SSSR count). The van der Waals surface area contributed by atoms with Crippen LogP contribution in [-0.4, -0.2) is 15.6 Å². The lowest BCUT2D eigenvalue weighted by atomic mass is 9.85. The third-order valence-electron chi connectivity index (χ3n) is 5.78. The van der Waals surface area contributed by atoms with E-state index in [9.17, 15) is 18.0 Å². The Kier molecular flexibility index (Phi) is 4.59. The Morgan fingerprint density at radius 3 is 2.50 bits per heavy atom. The number of hydrogen-bond donors (Lipinski definition) is 0. The van der Waals surface area contributed by atoms with Gasteiger partial charge in [-0.2, -0.15) is 5.10 Å². The summed E-state index contributed by atoms with van der Waals surface area (Å²) in [6.07, 6.45) is 7.98. The second-order valence-corrected chi connectivity index (χ2v) is 7.46. The molecular weight excluding hydrogens is 341 g/mol. The molecule has 2 aliphatic rings. The number of aromatic nitrogens is 2. The zero-order valence-electron chi connectivity index (χ0n) is 14.5. The Morgan fingerprint density at radius 2 is 1.81 bits per heavy atom. The molecule has 1 fully saturated rings. The first-order valence-electron chi connectivity index (χ1n) is 9.23. The minimum atomic E-state index is -1.50. The van der Waals surface area contributed by atoms with Crippen molar-refractivity contribution in [1.29, 1.82) is 0 Å². The fourth-order valence-corrected chi connectivity index (χ4v) is 4.36. The van der Waals surface area contributed by atoms with Crippen molar-refractivity contribution in [3.05, 3.63) is 52.6 Å². The maximum atomic E-state index is 13.4. The zero-order valence-corrected chi connectivity index (χ0v) is 14.5. The van der Waals surface area contributed by atoms with Crippen molar-refractivity contribution in [3.63, 3.8) is 0 Å². The topological polar surface area (TPSA) is 34.9 Å². The second kappa shape index (κ2) is 6.89. The highest BCUT2D eigenvalue weighted by atomic mass is 19.2. The molecule has 1 saturated carbocycles. The Hall–Kier alpha value is -2.11. The van der Waals surface area contributed by atoms with Crippen LogP contribution in [0.15, 0.2) is 18.3 Å². The molecule has 1 aromatic heterocycles. The number of nitrogens with zero attached hydrogens (tertiary/aromatic N) is 2. The fraction of sp³-hybridized carbons (Fsp3) is 0.500. The molecule has 0 amide bonds. The lowest BCUT2D eigenvalue weighted by molar-refractivity contribution is -0.122. The summed E-state index contributed by atoms with van der Waals surface area (Å²) in [5.41, 5.74) is 2.58. The maximum absolute atomic E-state index is 13.4. The normalized spacial score (nSPS) is 20.3. The molecule has 0 spiro atoms. The summed E-state index contributed by atoms with van der Waals surface area (Å²) in [6.45, 7) is 0.685. The first-order chi connectivity index (χ1) is 12.5. The van der Waals surface area contributed by atoms with Crippen LogP contribution in [0.4, 0.5) is 13.2 Å². The molecule has 26 heavy (non-hydrogen) atoms. The highest BCUT2D eigenvalue weighted by Crippen LogP contribution is 2.38. The number of Topliss-reactive ketones (excluding diaryl/α,β-unsaturated/α-hetero) is 1. The number of rotatable bonds is 4. The van der Waals surface area contributed by atoms with Gasteiger partial charge in [0.1, 0.15) is 5.78 Å². The van der Waals surface area contributed by atoms with E-state index in [1.54, 1.807) is 0 Å². The molecule has 1 aromatic carbocycles. The fourth-order valence-electron chi connectivity index (χ4n) is 4.36. The quantitative estimate of drug-likeness (QED) is 0.759. The zero-order chi connectivity index (χ0) is 18.3. The van der Waals surface area contributed by atoms with E-state index in [1.807, 2.05) is 10.9 Å². The lowest BCUT2D eigenvalue weighted by Gasteiger charge is -2.24. The van der Waals surface area contributed by atoms with Gasteiger partial charge in [-0.25, -0.2) is 13.2 Å². The average Bonchev–Trinajstić information content (AvgIpc) is 3.28. The molecular formula is C20H21F3N2O. The van der Waals surface area contributed by atoms with Crippen LogP contribution in [0.3, 0.4) is 0 Å². The molecule has 138 valence electrons. The monoisotopic (exact) mass is 362 g/mol. The van der Waals surface area contributed by atoms with Crippen molar-refractivity contribution < 1.29 is 18.0 Å². The van der Waals surface area contributed by atoms with Gasteiger partial charge >= 0.3 is 0 Å². The summed E-state index contributed by atoms with van der Waals surface area (Å²) < 4.78 is 41.8. The van der Waals surface area contributed by atoms with Crippen molar-refractivity contribution in [1.82, 2.24) is 9.78 Å². The van der Waals surface area contributed by atoms with Crippen molar-refractivity contribution in [2.75, 3.05) is 0 Å². The van der Waals surface area contributed by atoms with Crippen LogP contribution >= 0.6 is 0 Å². The van der Waals surface area contributed by atoms with Crippen molar-refractivity contribution in [3.8, 4) is 0 Å². The van der Waals surface area contributed by atoms with E-state index in [1.165, 1.54) is 31.2 Å². The Balaban J connectivity index is 1.50. The molecule has 1 unspecified atom stereocenters. The van der Waals surface area contributed by atoms with Gasteiger partial charge in [-0.1, -0.05) is 12.8 Å². The third kappa shape index (κ3) is 3.17. The van der Waals surface area contributed by atoms with E-state index < -0.39 is 17.5 Å². The summed E-state index contributed by atoms with van der Waals surface area (Å²) in [7, 11) is 0. The van der Waals surface area contributed by atoms with Crippen LogP contribution in [0, 0.1) is 23.4 Å². The van der Waals surface area contributed by atoms with Gasteiger partial charge in [-0.3, -0.25) is 9.48 Å². The van der Waals surface area contributed by atoms with Crippen LogP contribution in [0.5, 0.6) is 0 Å². The molecule has 2 heterocycles. The van der Waals surface area contributed by atoms with Crippen molar-refractivity contribution in [2.24, 2.45) is 5.92 Å². The molecule has 1 atom stereocenters. The standard InChI is InChI=1S/C20H21F3N2O/c21-16-7-12(8-17(22)20(16)23)9-19(26)14-5-6-25-18(10-14)15(11-24-25)13-3-1-2-4-13/h7-8,11,13-14H,1-6,9-10H2. The van der Waals surface area contributed by atoms with Crippen LogP contribution in [0.1, 0.15) is 54.8 Å². The number of carbonyl (C=O) groups excluding carboxylic acids is 1. The smallest absolute Gasteiger partial charge is 0.194 e. The molecule has 0 radical (unpaired) electrons. The number of aryl methyl sites for hydroxylation is 1. The number of benzene rings is 1. The number of carbonyl (C=O) groups is 1. The SMILES string of the molecule is O=C(Cc1cc(F)c(F)c(F)c1)C1CCn2ncc(C3CCCC3)c2C1. The molecule has 1 aliphatic carbocycles. The number of hydrogen-bond acceptors (Lipinski definition) is 2. The van der Waals surface area contributed by atoms with E-state index in [4.69, 9.17) is 0 Å². The van der Waals surface area contributed by atoms with Crippen molar-refractivity contribution >= 4 is 5.78 Å².